The molecular formula is C21H24FNO2. The first-order chi connectivity index (χ1) is 12.1. The molecule has 0 saturated carbocycles. The van der Waals surface area contributed by atoms with Crippen molar-refractivity contribution < 1.29 is 13.9 Å². The van der Waals surface area contributed by atoms with E-state index in [-0.39, 0.29) is 5.82 Å². The highest BCUT2D eigenvalue weighted by atomic mass is 19.1. The third kappa shape index (κ3) is 5.79. The third-order valence-electron chi connectivity index (χ3n) is 3.87. The first-order valence-electron chi connectivity index (χ1n) is 8.73. The second kappa shape index (κ2) is 9.68. The summed E-state index contributed by atoms with van der Waals surface area (Å²) >= 11 is 0. The second-order valence-corrected chi connectivity index (χ2v) is 5.97. The van der Waals surface area contributed by atoms with E-state index in [1.165, 1.54) is 18.9 Å². The van der Waals surface area contributed by atoms with E-state index in [4.69, 9.17) is 14.7 Å². The zero-order valence-electron chi connectivity index (χ0n) is 14.8. The fourth-order valence-electron chi connectivity index (χ4n) is 2.46. The van der Waals surface area contributed by atoms with Gasteiger partial charge in [0.1, 0.15) is 11.8 Å². The largest absolute Gasteiger partial charge is 0.491 e. The van der Waals surface area contributed by atoms with Gasteiger partial charge in [0.05, 0.1) is 6.61 Å². The number of benzene rings is 2. The van der Waals surface area contributed by atoms with Gasteiger partial charge < -0.3 is 9.47 Å². The van der Waals surface area contributed by atoms with E-state index >= 15 is 0 Å². The summed E-state index contributed by atoms with van der Waals surface area (Å²) in [5.41, 5.74) is 1.65. The molecule has 0 spiro atoms. The first kappa shape index (κ1) is 18.8. The Kier molecular flexibility index (Phi) is 7.28. The maximum Gasteiger partial charge on any atom is 0.181 e. The van der Waals surface area contributed by atoms with Gasteiger partial charge in [-0.15, -0.1) is 0 Å². The van der Waals surface area contributed by atoms with Gasteiger partial charge in [0, 0.05) is 0 Å². The summed E-state index contributed by atoms with van der Waals surface area (Å²) < 4.78 is 25.2. The van der Waals surface area contributed by atoms with E-state index in [9.17, 15) is 4.39 Å². The lowest BCUT2D eigenvalue weighted by molar-refractivity contribution is 0.276. The highest BCUT2D eigenvalue weighted by Gasteiger charge is 2.07. The molecule has 132 valence electrons. The predicted molar refractivity (Wildman–Crippen MR) is 97.2 cm³/mol. The van der Waals surface area contributed by atoms with Crippen LogP contribution < -0.4 is 9.47 Å². The Morgan fingerprint density at radius 2 is 1.76 bits per heavy atom. The minimum absolute atomic E-state index is 0.294. The van der Waals surface area contributed by atoms with Crippen LogP contribution >= 0.6 is 0 Å². The molecule has 1 unspecified atom stereocenters. The minimum Gasteiger partial charge on any atom is -0.491 e. The van der Waals surface area contributed by atoms with E-state index in [1.807, 2.05) is 24.3 Å². The number of hydrogen-bond acceptors (Lipinski definition) is 3. The summed E-state index contributed by atoms with van der Waals surface area (Å²) in [6, 6.07) is 14.3. The van der Waals surface area contributed by atoms with Crippen molar-refractivity contribution in [2.24, 2.45) is 0 Å². The molecule has 0 radical (unpaired) electrons. The van der Waals surface area contributed by atoms with Gasteiger partial charge in [0.2, 0.25) is 0 Å². The summed E-state index contributed by atoms with van der Waals surface area (Å²) in [5.74, 6) is 0.555. The molecule has 0 aliphatic rings. The maximum atomic E-state index is 14.2. The molecule has 2 rings (SSSR count). The van der Waals surface area contributed by atoms with Crippen LogP contribution in [0.25, 0.3) is 11.1 Å². The molecule has 0 heterocycles. The van der Waals surface area contributed by atoms with Gasteiger partial charge in [-0.2, -0.15) is 5.26 Å². The molecule has 0 saturated heterocycles. The molecule has 3 nitrogen and oxygen atoms in total. The van der Waals surface area contributed by atoms with Gasteiger partial charge in [0.25, 0.3) is 0 Å². The van der Waals surface area contributed by atoms with E-state index < -0.39 is 6.10 Å². The van der Waals surface area contributed by atoms with Crippen molar-refractivity contribution in [3.05, 3.63) is 48.3 Å². The van der Waals surface area contributed by atoms with Crippen molar-refractivity contribution in [3.8, 4) is 28.7 Å². The SMILES string of the molecule is CCCCCCOc1ccc(-c2ccc(OC(C)C#N)cc2)cc1F. The number of halogens is 1. The van der Waals surface area contributed by atoms with E-state index in [2.05, 4.69) is 6.92 Å². The molecular weight excluding hydrogens is 317 g/mol. The van der Waals surface area contributed by atoms with Crippen LogP contribution in [-0.4, -0.2) is 12.7 Å². The van der Waals surface area contributed by atoms with Gasteiger partial charge in [-0.3, -0.25) is 0 Å². The van der Waals surface area contributed by atoms with Crippen LogP contribution in [0.3, 0.4) is 0 Å². The number of unbranched alkanes of at least 4 members (excludes halogenated alkanes) is 3. The van der Waals surface area contributed by atoms with Gasteiger partial charge >= 0.3 is 0 Å². The van der Waals surface area contributed by atoms with Crippen LogP contribution in [0.15, 0.2) is 42.5 Å². The van der Waals surface area contributed by atoms with E-state index in [0.717, 1.165) is 24.0 Å². The molecule has 2 aromatic carbocycles. The molecule has 1 atom stereocenters. The number of nitriles is 1. The minimum atomic E-state index is -0.503. The van der Waals surface area contributed by atoms with Gasteiger partial charge in [-0.05, 0) is 48.7 Å². The Balaban J connectivity index is 1.98. The summed E-state index contributed by atoms with van der Waals surface area (Å²) in [6.45, 7) is 4.38. The average Bonchev–Trinajstić information content (AvgIpc) is 2.63. The topological polar surface area (TPSA) is 42.2 Å². The van der Waals surface area contributed by atoms with Crippen LogP contribution in [0.1, 0.15) is 39.5 Å². The third-order valence-corrected chi connectivity index (χ3v) is 3.87. The second-order valence-electron chi connectivity index (χ2n) is 5.97. The average molecular weight is 341 g/mol. The van der Waals surface area contributed by atoms with Crippen LogP contribution in [0.5, 0.6) is 11.5 Å². The van der Waals surface area contributed by atoms with Crippen molar-refractivity contribution in [2.75, 3.05) is 6.61 Å². The normalized spacial score (nSPS) is 11.6. The predicted octanol–water partition coefficient (Wildman–Crippen LogP) is 5.74. The fourth-order valence-corrected chi connectivity index (χ4v) is 2.46. The molecule has 0 N–H and O–H groups in total. The number of hydrogen-bond donors (Lipinski definition) is 0. The Hall–Kier alpha value is -2.54. The van der Waals surface area contributed by atoms with Crippen LogP contribution in [0.2, 0.25) is 0 Å². The lowest BCUT2D eigenvalue weighted by Gasteiger charge is -2.10. The Labute approximate surface area is 149 Å². The lowest BCUT2D eigenvalue weighted by Crippen LogP contribution is -2.07. The lowest BCUT2D eigenvalue weighted by atomic mass is 10.1. The monoisotopic (exact) mass is 341 g/mol. The van der Waals surface area contributed by atoms with Crippen molar-refractivity contribution in [2.45, 2.75) is 45.6 Å². The first-order valence-corrected chi connectivity index (χ1v) is 8.73. The van der Waals surface area contributed by atoms with Gasteiger partial charge in [0.15, 0.2) is 17.7 Å². The van der Waals surface area contributed by atoms with E-state index in [1.54, 1.807) is 25.1 Å². The fraction of sp³-hybridized carbons (Fsp3) is 0.381. The van der Waals surface area contributed by atoms with Crippen molar-refractivity contribution in [1.29, 1.82) is 5.26 Å². The number of nitrogens with zero attached hydrogens (tertiary/aromatic N) is 1. The highest BCUT2D eigenvalue weighted by Crippen LogP contribution is 2.27. The van der Waals surface area contributed by atoms with Gasteiger partial charge in [-0.1, -0.05) is 44.4 Å². The zero-order chi connectivity index (χ0) is 18.1. The molecule has 0 aliphatic carbocycles. The molecule has 0 aromatic heterocycles. The Morgan fingerprint density at radius 1 is 1.04 bits per heavy atom. The summed E-state index contributed by atoms with van der Waals surface area (Å²) in [7, 11) is 0. The number of rotatable bonds is 9. The van der Waals surface area contributed by atoms with Gasteiger partial charge in [-0.25, -0.2) is 4.39 Å². The maximum absolute atomic E-state index is 14.2. The van der Waals surface area contributed by atoms with E-state index in [0.29, 0.717) is 18.1 Å². The Bertz CT molecular complexity index is 707. The summed E-state index contributed by atoms with van der Waals surface area (Å²) in [5, 5.41) is 8.76. The van der Waals surface area contributed by atoms with Crippen molar-refractivity contribution >= 4 is 0 Å². The van der Waals surface area contributed by atoms with Crippen LogP contribution in [0.4, 0.5) is 4.39 Å². The highest BCUT2D eigenvalue weighted by molar-refractivity contribution is 5.65. The smallest absolute Gasteiger partial charge is 0.181 e. The van der Waals surface area contributed by atoms with Crippen LogP contribution in [0, 0.1) is 17.1 Å². The molecule has 0 aliphatic heterocycles. The standard InChI is InChI=1S/C21H24FNO2/c1-3-4-5-6-13-24-21-12-9-18(14-20(21)22)17-7-10-19(11-8-17)25-16(2)15-23/h7-12,14,16H,3-6,13H2,1-2H3. The summed E-state index contributed by atoms with van der Waals surface area (Å²) in [4.78, 5) is 0. The zero-order valence-corrected chi connectivity index (χ0v) is 14.8. The summed E-state index contributed by atoms with van der Waals surface area (Å²) in [6.07, 6.45) is 3.89. The molecule has 0 fully saturated rings. The van der Waals surface area contributed by atoms with Crippen molar-refractivity contribution in [1.82, 2.24) is 0 Å². The van der Waals surface area contributed by atoms with Crippen molar-refractivity contribution in [3.63, 3.8) is 0 Å². The molecule has 0 amide bonds. The van der Waals surface area contributed by atoms with Crippen LogP contribution in [-0.2, 0) is 0 Å². The molecule has 0 bridgehead atoms. The molecule has 4 heteroatoms. The quantitative estimate of drug-likeness (QED) is 0.546. The molecule has 25 heavy (non-hydrogen) atoms. The number of ether oxygens (including phenoxy) is 2. The molecule has 2 aromatic rings. The Morgan fingerprint density at radius 3 is 2.40 bits per heavy atom.